The van der Waals surface area contributed by atoms with Gasteiger partial charge >= 0.3 is 0 Å². The highest BCUT2D eigenvalue weighted by atomic mass is 16.5. The maximum absolute atomic E-state index is 5.67. The van der Waals surface area contributed by atoms with Gasteiger partial charge in [-0.3, -0.25) is 0 Å². The van der Waals surface area contributed by atoms with Gasteiger partial charge in [0.25, 0.3) is 0 Å². The standard InChI is InChI=1S/C15H24N2O/c1-4-16-11-13-7-5-6-8-15(13)17(3)14-9-10-18-12(14)2/h5-8,12,14,16H,4,9-11H2,1-3H3. The zero-order valence-electron chi connectivity index (χ0n) is 11.6. The first-order valence-electron chi connectivity index (χ1n) is 6.87. The Hall–Kier alpha value is -1.06. The summed E-state index contributed by atoms with van der Waals surface area (Å²) in [7, 11) is 2.18. The van der Waals surface area contributed by atoms with Crippen LogP contribution in [0.4, 0.5) is 5.69 Å². The van der Waals surface area contributed by atoms with E-state index in [0.29, 0.717) is 12.1 Å². The highest BCUT2D eigenvalue weighted by molar-refractivity contribution is 5.54. The van der Waals surface area contributed by atoms with Gasteiger partial charge in [-0.25, -0.2) is 0 Å². The Morgan fingerprint density at radius 2 is 2.17 bits per heavy atom. The van der Waals surface area contributed by atoms with Crippen LogP contribution in [0.25, 0.3) is 0 Å². The van der Waals surface area contributed by atoms with E-state index in [1.54, 1.807) is 0 Å². The smallest absolute Gasteiger partial charge is 0.0750 e. The zero-order valence-corrected chi connectivity index (χ0v) is 11.6. The molecule has 2 atom stereocenters. The molecule has 2 rings (SSSR count). The van der Waals surface area contributed by atoms with Crippen molar-refractivity contribution in [3.05, 3.63) is 29.8 Å². The zero-order chi connectivity index (χ0) is 13.0. The van der Waals surface area contributed by atoms with Crippen LogP contribution in [0.5, 0.6) is 0 Å². The molecule has 0 aromatic heterocycles. The maximum atomic E-state index is 5.67. The van der Waals surface area contributed by atoms with Crippen LogP contribution in [-0.2, 0) is 11.3 Å². The number of likely N-dealkylation sites (N-methyl/N-ethyl adjacent to an activating group) is 1. The SMILES string of the molecule is CCNCc1ccccc1N(C)C1CCOC1C. The molecule has 0 saturated carbocycles. The first kappa shape index (κ1) is 13.4. The van der Waals surface area contributed by atoms with E-state index >= 15 is 0 Å². The number of nitrogens with zero attached hydrogens (tertiary/aromatic N) is 1. The van der Waals surface area contributed by atoms with Gasteiger partial charge in [-0.1, -0.05) is 25.1 Å². The molecule has 0 bridgehead atoms. The van der Waals surface area contributed by atoms with Gasteiger partial charge in [0.2, 0.25) is 0 Å². The molecule has 1 saturated heterocycles. The summed E-state index contributed by atoms with van der Waals surface area (Å²) in [5.74, 6) is 0. The normalized spacial score (nSPS) is 23.3. The molecular formula is C15H24N2O. The molecule has 1 aromatic carbocycles. The fourth-order valence-electron chi connectivity index (χ4n) is 2.67. The number of hydrogen-bond acceptors (Lipinski definition) is 3. The van der Waals surface area contributed by atoms with Crippen molar-refractivity contribution in [3.8, 4) is 0 Å². The van der Waals surface area contributed by atoms with Gasteiger partial charge in [0.15, 0.2) is 0 Å². The van der Waals surface area contributed by atoms with Crippen LogP contribution in [0.2, 0.25) is 0 Å². The summed E-state index contributed by atoms with van der Waals surface area (Å²) in [5.41, 5.74) is 2.68. The second-order valence-electron chi connectivity index (χ2n) is 4.95. The molecule has 1 aliphatic heterocycles. The Kier molecular flexibility index (Phi) is 4.61. The largest absolute Gasteiger partial charge is 0.376 e. The third kappa shape index (κ3) is 2.85. The lowest BCUT2D eigenvalue weighted by Gasteiger charge is -2.30. The molecule has 0 radical (unpaired) electrons. The molecule has 3 nitrogen and oxygen atoms in total. The summed E-state index contributed by atoms with van der Waals surface area (Å²) >= 11 is 0. The summed E-state index contributed by atoms with van der Waals surface area (Å²) in [6.45, 7) is 7.12. The average Bonchev–Trinajstić information content (AvgIpc) is 2.82. The van der Waals surface area contributed by atoms with E-state index in [1.165, 1.54) is 11.3 Å². The van der Waals surface area contributed by atoms with Gasteiger partial charge < -0.3 is 15.0 Å². The molecule has 0 amide bonds. The van der Waals surface area contributed by atoms with Crippen molar-refractivity contribution in [2.24, 2.45) is 0 Å². The van der Waals surface area contributed by atoms with Gasteiger partial charge in [-0.15, -0.1) is 0 Å². The highest BCUT2D eigenvalue weighted by Crippen LogP contribution is 2.27. The monoisotopic (exact) mass is 248 g/mol. The van der Waals surface area contributed by atoms with Crippen molar-refractivity contribution >= 4 is 5.69 Å². The van der Waals surface area contributed by atoms with E-state index in [2.05, 4.69) is 55.4 Å². The van der Waals surface area contributed by atoms with Crippen LogP contribution in [-0.4, -0.2) is 32.3 Å². The predicted octanol–water partition coefficient (Wildman–Crippen LogP) is 2.41. The predicted molar refractivity (Wildman–Crippen MR) is 76.0 cm³/mol. The Morgan fingerprint density at radius 1 is 1.39 bits per heavy atom. The van der Waals surface area contributed by atoms with Crippen LogP contribution in [0, 0.1) is 0 Å². The minimum atomic E-state index is 0.321. The van der Waals surface area contributed by atoms with E-state index in [1.807, 2.05) is 0 Å². The van der Waals surface area contributed by atoms with Gasteiger partial charge in [0, 0.05) is 25.9 Å². The van der Waals surface area contributed by atoms with Gasteiger partial charge in [-0.05, 0) is 31.5 Å². The van der Waals surface area contributed by atoms with Crippen molar-refractivity contribution in [1.29, 1.82) is 0 Å². The van der Waals surface area contributed by atoms with Crippen molar-refractivity contribution in [3.63, 3.8) is 0 Å². The second-order valence-corrected chi connectivity index (χ2v) is 4.95. The summed E-state index contributed by atoms with van der Waals surface area (Å²) < 4.78 is 5.67. The molecule has 1 fully saturated rings. The van der Waals surface area contributed by atoms with Crippen molar-refractivity contribution < 1.29 is 4.74 Å². The van der Waals surface area contributed by atoms with Crippen LogP contribution in [0.15, 0.2) is 24.3 Å². The quantitative estimate of drug-likeness (QED) is 0.866. The number of hydrogen-bond donors (Lipinski definition) is 1. The average molecular weight is 248 g/mol. The van der Waals surface area contributed by atoms with E-state index in [9.17, 15) is 0 Å². The van der Waals surface area contributed by atoms with Crippen LogP contribution in [0.1, 0.15) is 25.8 Å². The molecule has 18 heavy (non-hydrogen) atoms. The van der Waals surface area contributed by atoms with Gasteiger partial charge in [0.05, 0.1) is 12.1 Å². The fourth-order valence-corrected chi connectivity index (χ4v) is 2.67. The Balaban J connectivity index is 2.15. The molecular weight excluding hydrogens is 224 g/mol. The Morgan fingerprint density at radius 3 is 2.83 bits per heavy atom. The Labute approximate surface area is 110 Å². The number of rotatable bonds is 5. The molecule has 1 aromatic rings. The fraction of sp³-hybridized carbons (Fsp3) is 0.600. The number of benzene rings is 1. The van der Waals surface area contributed by atoms with E-state index < -0.39 is 0 Å². The van der Waals surface area contributed by atoms with Crippen LogP contribution >= 0.6 is 0 Å². The van der Waals surface area contributed by atoms with Gasteiger partial charge in [-0.2, -0.15) is 0 Å². The summed E-state index contributed by atoms with van der Waals surface area (Å²) in [5, 5.41) is 3.40. The minimum absolute atomic E-state index is 0.321. The lowest BCUT2D eigenvalue weighted by Crippen LogP contribution is -2.37. The highest BCUT2D eigenvalue weighted by Gasteiger charge is 2.28. The molecule has 3 heteroatoms. The van der Waals surface area contributed by atoms with E-state index in [-0.39, 0.29) is 0 Å². The third-order valence-electron chi connectivity index (χ3n) is 3.77. The first-order chi connectivity index (χ1) is 8.74. The van der Waals surface area contributed by atoms with Crippen LogP contribution < -0.4 is 10.2 Å². The molecule has 1 heterocycles. The summed E-state index contributed by atoms with van der Waals surface area (Å²) in [4.78, 5) is 2.38. The molecule has 2 unspecified atom stereocenters. The maximum Gasteiger partial charge on any atom is 0.0750 e. The van der Waals surface area contributed by atoms with E-state index in [0.717, 1.165) is 26.1 Å². The van der Waals surface area contributed by atoms with Crippen LogP contribution in [0.3, 0.4) is 0 Å². The number of anilines is 1. The molecule has 100 valence electrons. The molecule has 1 N–H and O–H groups in total. The summed E-state index contributed by atoms with van der Waals surface area (Å²) in [6, 6.07) is 9.13. The van der Waals surface area contributed by atoms with E-state index in [4.69, 9.17) is 4.74 Å². The van der Waals surface area contributed by atoms with Crippen molar-refractivity contribution in [2.75, 3.05) is 25.1 Å². The molecule has 0 spiro atoms. The Bertz CT molecular complexity index is 381. The third-order valence-corrected chi connectivity index (χ3v) is 3.77. The molecule has 0 aliphatic carbocycles. The minimum Gasteiger partial charge on any atom is -0.376 e. The van der Waals surface area contributed by atoms with Crippen molar-refractivity contribution in [2.45, 2.75) is 39.0 Å². The first-order valence-corrected chi connectivity index (χ1v) is 6.87. The van der Waals surface area contributed by atoms with Crippen molar-refractivity contribution in [1.82, 2.24) is 5.32 Å². The topological polar surface area (TPSA) is 24.5 Å². The number of nitrogens with one attached hydrogen (secondary N) is 1. The second kappa shape index (κ2) is 6.21. The number of ether oxygens (including phenoxy) is 1. The van der Waals surface area contributed by atoms with Gasteiger partial charge in [0.1, 0.15) is 0 Å². The lowest BCUT2D eigenvalue weighted by molar-refractivity contribution is 0.118. The lowest BCUT2D eigenvalue weighted by atomic mass is 10.1. The summed E-state index contributed by atoms with van der Waals surface area (Å²) in [6.07, 6.45) is 1.44. The molecule has 1 aliphatic rings. The number of para-hydroxylation sites is 1.